The number of nitrogens with zero attached hydrogens (tertiary/aromatic N) is 1. The molecule has 2 nitrogen and oxygen atoms in total. The maximum Gasteiger partial charge on any atom is 0.123 e. The van der Waals surface area contributed by atoms with Crippen molar-refractivity contribution in [3.05, 3.63) is 59.9 Å². The minimum atomic E-state index is -0.199. The summed E-state index contributed by atoms with van der Waals surface area (Å²) < 4.78 is 13.2. The maximum atomic E-state index is 13.2. The van der Waals surface area contributed by atoms with Crippen molar-refractivity contribution in [2.24, 2.45) is 0 Å². The van der Waals surface area contributed by atoms with Gasteiger partial charge in [-0.3, -0.25) is 0 Å². The first-order valence-corrected chi connectivity index (χ1v) is 6.54. The molecule has 0 heterocycles. The fraction of sp³-hybridized carbons (Fsp3) is 0.250. The fourth-order valence-corrected chi connectivity index (χ4v) is 2.19. The number of benzene rings is 2. The van der Waals surface area contributed by atoms with Crippen LogP contribution < -0.4 is 10.6 Å². The molecule has 0 unspecified atom stereocenters. The fourth-order valence-electron chi connectivity index (χ4n) is 2.19. The van der Waals surface area contributed by atoms with Gasteiger partial charge in [0.05, 0.1) is 11.4 Å². The zero-order valence-electron chi connectivity index (χ0n) is 11.1. The number of nitrogen functional groups attached to an aromatic ring is 1. The van der Waals surface area contributed by atoms with Crippen molar-refractivity contribution in [1.82, 2.24) is 0 Å². The van der Waals surface area contributed by atoms with Crippen LogP contribution in [0.25, 0.3) is 0 Å². The van der Waals surface area contributed by atoms with E-state index in [9.17, 15) is 4.39 Å². The van der Waals surface area contributed by atoms with Crippen LogP contribution in [0.3, 0.4) is 0 Å². The average molecular weight is 258 g/mol. The van der Waals surface area contributed by atoms with Gasteiger partial charge in [0, 0.05) is 13.1 Å². The Morgan fingerprint density at radius 2 is 1.89 bits per heavy atom. The van der Waals surface area contributed by atoms with E-state index in [1.54, 1.807) is 12.1 Å². The molecule has 0 bridgehead atoms. The standard InChI is InChI=1S/C16H19FN2/c1-2-10-19(16-9-4-3-8-15(16)18)12-13-6-5-7-14(17)11-13/h3-9,11H,2,10,12,18H2,1H3. The number of hydrogen-bond donors (Lipinski definition) is 1. The van der Waals surface area contributed by atoms with Crippen LogP contribution >= 0.6 is 0 Å². The minimum Gasteiger partial charge on any atom is -0.397 e. The van der Waals surface area contributed by atoms with Crippen LogP contribution in [0, 0.1) is 5.82 Å². The molecule has 0 amide bonds. The van der Waals surface area contributed by atoms with Crippen LogP contribution in [0.15, 0.2) is 48.5 Å². The van der Waals surface area contributed by atoms with Gasteiger partial charge < -0.3 is 10.6 Å². The Morgan fingerprint density at radius 1 is 1.11 bits per heavy atom. The molecule has 0 saturated heterocycles. The lowest BCUT2D eigenvalue weighted by atomic mass is 10.1. The Balaban J connectivity index is 2.24. The van der Waals surface area contributed by atoms with Crippen LogP contribution in [0.5, 0.6) is 0 Å². The molecule has 100 valence electrons. The second-order valence-electron chi connectivity index (χ2n) is 4.61. The molecule has 0 aliphatic heterocycles. The van der Waals surface area contributed by atoms with E-state index in [4.69, 9.17) is 5.73 Å². The summed E-state index contributed by atoms with van der Waals surface area (Å²) in [5, 5.41) is 0. The molecule has 19 heavy (non-hydrogen) atoms. The van der Waals surface area contributed by atoms with E-state index in [0.717, 1.165) is 29.9 Å². The van der Waals surface area contributed by atoms with E-state index in [1.807, 2.05) is 30.3 Å². The summed E-state index contributed by atoms with van der Waals surface area (Å²) in [6.07, 6.45) is 1.02. The summed E-state index contributed by atoms with van der Waals surface area (Å²) >= 11 is 0. The number of anilines is 2. The predicted octanol–water partition coefficient (Wildman–Crippen LogP) is 3.82. The molecular formula is C16H19FN2. The highest BCUT2D eigenvalue weighted by atomic mass is 19.1. The number of rotatable bonds is 5. The highest BCUT2D eigenvalue weighted by Crippen LogP contribution is 2.24. The number of nitrogens with two attached hydrogens (primary N) is 1. The van der Waals surface area contributed by atoms with Crippen molar-refractivity contribution in [2.75, 3.05) is 17.2 Å². The van der Waals surface area contributed by atoms with Gasteiger partial charge in [0.1, 0.15) is 5.82 Å². The zero-order chi connectivity index (χ0) is 13.7. The van der Waals surface area contributed by atoms with Gasteiger partial charge in [-0.05, 0) is 36.2 Å². The van der Waals surface area contributed by atoms with Crippen molar-refractivity contribution in [2.45, 2.75) is 19.9 Å². The topological polar surface area (TPSA) is 29.3 Å². The van der Waals surface area contributed by atoms with Crippen LogP contribution in [-0.4, -0.2) is 6.54 Å². The molecular weight excluding hydrogens is 239 g/mol. The second-order valence-corrected chi connectivity index (χ2v) is 4.61. The van der Waals surface area contributed by atoms with Crippen molar-refractivity contribution in [3.63, 3.8) is 0 Å². The number of halogens is 1. The van der Waals surface area contributed by atoms with Crippen LogP contribution in [-0.2, 0) is 6.54 Å². The van der Waals surface area contributed by atoms with E-state index in [2.05, 4.69) is 11.8 Å². The molecule has 2 aromatic rings. The molecule has 2 N–H and O–H groups in total. The van der Waals surface area contributed by atoms with Gasteiger partial charge in [-0.2, -0.15) is 0 Å². The normalized spacial score (nSPS) is 10.4. The molecule has 0 saturated carbocycles. The number of para-hydroxylation sites is 2. The Labute approximate surface area is 113 Å². The summed E-state index contributed by atoms with van der Waals surface area (Å²) in [4.78, 5) is 2.18. The lowest BCUT2D eigenvalue weighted by molar-refractivity contribution is 0.624. The molecule has 0 atom stereocenters. The first-order chi connectivity index (χ1) is 9.20. The average Bonchev–Trinajstić information content (AvgIpc) is 2.39. The quantitative estimate of drug-likeness (QED) is 0.826. The van der Waals surface area contributed by atoms with E-state index >= 15 is 0 Å². The Hall–Kier alpha value is -2.03. The van der Waals surface area contributed by atoms with Gasteiger partial charge in [-0.1, -0.05) is 31.2 Å². The molecule has 0 spiro atoms. The third-order valence-electron chi connectivity index (χ3n) is 3.03. The van der Waals surface area contributed by atoms with Crippen LogP contribution in [0.1, 0.15) is 18.9 Å². The highest BCUT2D eigenvalue weighted by Gasteiger charge is 2.09. The summed E-state index contributed by atoms with van der Waals surface area (Å²) in [6.45, 7) is 3.68. The number of hydrogen-bond acceptors (Lipinski definition) is 2. The highest BCUT2D eigenvalue weighted by molar-refractivity contribution is 5.67. The SMILES string of the molecule is CCCN(Cc1cccc(F)c1)c1ccccc1N. The third kappa shape index (κ3) is 3.47. The Bertz CT molecular complexity index is 540. The van der Waals surface area contributed by atoms with Crippen molar-refractivity contribution >= 4 is 11.4 Å². The first kappa shape index (κ1) is 13.4. The molecule has 0 aliphatic rings. The monoisotopic (exact) mass is 258 g/mol. The van der Waals surface area contributed by atoms with Gasteiger partial charge >= 0.3 is 0 Å². The first-order valence-electron chi connectivity index (χ1n) is 6.54. The summed E-state index contributed by atoms with van der Waals surface area (Å²) in [7, 11) is 0. The van der Waals surface area contributed by atoms with E-state index in [0.29, 0.717) is 6.54 Å². The summed E-state index contributed by atoms with van der Waals surface area (Å²) in [5.41, 5.74) is 8.74. The zero-order valence-corrected chi connectivity index (χ0v) is 11.1. The second kappa shape index (κ2) is 6.23. The summed E-state index contributed by atoms with van der Waals surface area (Å²) in [5.74, 6) is -0.199. The lowest BCUT2D eigenvalue weighted by Crippen LogP contribution is -2.24. The van der Waals surface area contributed by atoms with Gasteiger partial charge in [-0.15, -0.1) is 0 Å². The van der Waals surface area contributed by atoms with Crippen molar-refractivity contribution in [1.29, 1.82) is 0 Å². The molecule has 2 aromatic carbocycles. The van der Waals surface area contributed by atoms with Crippen molar-refractivity contribution in [3.8, 4) is 0 Å². The van der Waals surface area contributed by atoms with Crippen molar-refractivity contribution < 1.29 is 4.39 Å². The molecule has 0 aliphatic carbocycles. The van der Waals surface area contributed by atoms with Gasteiger partial charge in [-0.25, -0.2) is 4.39 Å². The Kier molecular flexibility index (Phi) is 4.39. The van der Waals surface area contributed by atoms with E-state index in [1.165, 1.54) is 6.07 Å². The maximum absolute atomic E-state index is 13.2. The van der Waals surface area contributed by atoms with Gasteiger partial charge in [0.25, 0.3) is 0 Å². The molecule has 3 heteroatoms. The van der Waals surface area contributed by atoms with E-state index in [-0.39, 0.29) is 5.82 Å². The van der Waals surface area contributed by atoms with E-state index < -0.39 is 0 Å². The smallest absolute Gasteiger partial charge is 0.123 e. The predicted molar refractivity (Wildman–Crippen MR) is 78.6 cm³/mol. The molecule has 0 fully saturated rings. The van der Waals surface area contributed by atoms with Gasteiger partial charge in [0.2, 0.25) is 0 Å². The largest absolute Gasteiger partial charge is 0.397 e. The van der Waals surface area contributed by atoms with Crippen LogP contribution in [0.2, 0.25) is 0 Å². The molecule has 2 rings (SSSR count). The summed E-state index contributed by atoms with van der Waals surface area (Å²) in [6, 6.07) is 14.5. The molecule has 0 aromatic heterocycles. The third-order valence-corrected chi connectivity index (χ3v) is 3.03. The van der Waals surface area contributed by atoms with Crippen LogP contribution in [0.4, 0.5) is 15.8 Å². The van der Waals surface area contributed by atoms with Gasteiger partial charge in [0.15, 0.2) is 0 Å². The lowest BCUT2D eigenvalue weighted by Gasteiger charge is -2.25. The molecule has 0 radical (unpaired) electrons. The minimum absolute atomic E-state index is 0.199. The Morgan fingerprint density at radius 3 is 2.58 bits per heavy atom.